The Morgan fingerprint density at radius 3 is 2.21 bits per heavy atom. The molecule has 2 aromatic rings. The van der Waals surface area contributed by atoms with Crippen molar-refractivity contribution >= 4 is 27.8 Å². The quantitative estimate of drug-likeness (QED) is 0.465. The highest BCUT2D eigenvalue weighted by Crippen LogP contribution is 2.18. The maximum Gasteiger partial charge on any atom is 0.329 e. The highest BCUT2D eigenvalue weighted by molar-refractivity contribution is 7.89. The van der Waals surface area contributed by atoms with Crippen LogP contribution in [0.25, 0.3) is 0 Å². The summed E-state index contributed by atoms with van der Waals surface area (Å²) in [5, 5.41) is 2.64. The zero-order valence-electron chi connectivity index (χ0n) is 19.8. The maximum atomic E-state index is 12.9. The van der Waals surface area contributed by atoms with Crippen molar-refractivity contribution in [3.05, 3.63) is 65.2 Å². The van der Waals surface area contributed by atoms with Gasteiger partial charge in [0, 0.05) is 24.2 Å². The Bertz CT molecular complexity index is 1140. The van der Waals surface area contributed by atoms with Crippen molar-refractivity contribution in [2.45, 2.75) is 45.2 Å². The summed E-state index contributed by atoms with van der Waals surface area (Å²) in [6, 6.07) is 11.1. The number of sulfonamides is 1. The van der Waals surface area contributed by atoms with E-state index < -0.39 is 33.8 Å². The summed E-state index contributed by atoms with van der Waals surface area (Å²) < 4.78 is 32.2. The molecule has 9 nitrogen and oxygen atoms in total. The Morgan fingerprint density at radius 2 is 1.62 bits per heavy atom. The van der Waals surface area contributed by atoms with Gasteiger partial charge in [-0.25, -0.2) is 13.2 Å². The number of benzene rings is 2. The second kappa shape index (κ2) is 11.8. The highest BCUT2D eigenvalue weighted by atomic mass is 32.2. The fourth-order valence-electron chi connectivity index (χ4n) is 3.29. The van der Waals surface area contributed by atoms with Gasteiger partial charge in [0.25, 0.3) is 5.91 Å². The molecule has 0 saturated carbocycles. The highest BCUT2D eigenvalue weighted by Gasteiger charge is 2.27. The summed E-state index contributed by atoms with van der Waals surface area (Å²) >= 11 is 0. The molecule has 10 heteroatoms. The van der Waals surface area contributed by atoms with Gasteiger partial charge in [-0.05, 0) is 41.8 Å². The van der Waals surface area contributed by atoms with E-state index in [9.17, 15) is 22.8 Å². The first kappa shape index (κ1) is 27.0. The van der Waals surface area contributed by atoms with Crippen LogP contribution in [0.15, 0.2) is 53.4 Å². The lowest BCUT2D eigenvalue weighted by Crippen LogP contribution is -2.45. The van der Waals surface area contributed by atoms with Crippen LogP contribution in [-0.2, 0) is 26.2 Å². The lowest BCUT2D eigenvalue weighted by Gasteiger charge is -2.21. The number of rotatable bonds is 11. The van der Waals surface area contributed by atoms with Crippen molar-refractivity contribution in [3.8, 4) is 0 Å². The first-order valence-corrected chi connectivity index (χ1v) is 12.4. The minimum Gasteiger partial charge on any atom is -0.459 e. The van der Waals surface area contributed by atoms with E-state index in [1.807, 2.05) is 0 Å². The molecule has 0 heterocycles. The molecular formula is C24H31N3O6S. The molecule has 0 fully saturated rings. The second-order valence-corrected chi connectivity index (χ2v) is 9.92. The van der Waals surface area contributed by atoms with Crippen LogP contribution in [0.5, 0.6) is 0 Å². The number of primary amides is 1. The topological polar surface area (TPSA) is 136 Å². The lowest BCUT2D eigenvalue weighted by atomic mass is 10.0. The third-order valence-electron chi connectivity index (χ3n) is 5.24. The van der Waals surface area contributed by atoms with E-state index in [1.54, 1.807) is 45.9 Å². The number of ether oxygens (including phenoxy) is 1. The van der Waals surface area contributed by atoms with Crippen LogP contribution in [-0.4, -0.2) is 49.6 Å². The lowest BCUT2D eigenvalue weighted by molar-refractivity contribution is -0.148. The van der Waals surface area contributed by atoms with Crippen LogP contribution in [0.1, 0.15) is 54.0 Å². The fourth-order valence-corrected chi connectivity index (χ4v) is 4.80. The van der Waals surface area contributed by atoms with E-state index in [0.29, 0.717) is 24.2 Å². The average molecular weight is 490 g/mol. The monoisotopic (exact) mass is 489 g/mol. The molecule has 2 rings (SSSR count). The van der Waals surface area contributed by atoms with Crippen molar-refractivity contribution in [3.63, 3.8) is 0 Å². The first-order valence-electron chi connectivity index (χ1n) is 11.0. The molecule has 0 saturated heterocycles. The predicted molar refractivity (Wildman–Crippen MR) is 127 cm³/mol. The summed E-state index contributed by atoms with van der Waals surface area (Å²) in [6.07, 6.45) is 0. The van der Waals surface area contributed by atoms with Crippen molar-refractivity contribution in [1.82, 2.24) is 9.62 Å². The number of nitrogens with zero attached hydrogens (tertiary/aromatic N) is 1. The molecule has 0 bridgehead atoms. The molecular weight excluding hydrogens is 458 g/mol. The van der Waals surface area contributed by atoms with Gasteiger partial charge in [0.2, 0.25) is 15.9 Å². The molecule has 0 unspecified atom stereocenters. The Balaban J connectivity index is 2.15. The molecule has 0 spiro atoms. The Morgan fingerprint density at radius 1 is 1.00 bits per heavy atom. The fraction of sp³-hybridized carbons (Fsp3) is 0.375. The van der Waals surface area contributed by atoms with E-state index >= 15 is 0 Å². The normalized spacial score (nSPS) is 12.4. The number of amides is 2. The molecule has 34 heavy (non-hydrogen) atoms. The van der Waals surface area contributed by atoms with Crippen molar-refractivity contribution in [1.29, 1.82) is 0 Å². The SMILES string of the molecule is CCN(CC)S(=O)(=O)c1cccc(C(=O)N[C@H](C(=O)OCc2cccc(C(N)=O)c2)C(C)C)c1. The van der Waals surface area contributed by atoms with Gasteiger partial charge in [0.15, 0.2) is 0 Å². The first-order chi connectivity index (χ1) is 16.0. The van der Waals surface area contributed by atoms with Gasteiger partial charge in [-0.2, -0.15) is 4.31 Å². The molecule has 0 aliphatic carbocycles. The number of nitrogens with one attached hydrogen (secondary N) is 1. The summed E-state index contributed by atoms with van der Waals surface area (Å²) in [5.41, 5.74) is 6.25. The third kappa shape index (κ3) is 6.64. The van der Waals surface area contributed by atoms with Crippen molar-refractivity contribution in [2.24, 2.45) is 11.7 Å². The minimum atomic E-state index is -3.74. The summed E-state index contributed by atoms with van der Waals surface area (Å²) in [5.74, 6) is -2.13. The number of carbonyl (C=O) groups is 3. The smallest absolute Gasteiger partial charge is 0.329 e. The third-order valence-corrected chi connectivity index (χ3v) is 7.29. The van der Waals surface area contributed by atoms with Crippen LogP contribution >= 0.6 is 0 Å². The van der Waals surface area contributed by atoms with Gasteiger partial charge < -0.3 is 15.8 Å². The molecule has 1 atom stereocenters. The van der Waals surface area contributed by atoms with E-state index in [4.69, 9.17) is 10.5 Å². The minimum absolute atomic E-state index is 0.00172. The molecule has 3 N–H and O–H groups in total. The van der Waals surface area contributed by atoms with Crippen LogP contribution in [0.2, 0.25) is 0 Å². The summed E-state index contributed by atoms with van der Waals surface area (Å²) in [4.78, 5) is 36.9. The largest absolute Gasteiger partial charge is 0.459 e. The second-order valence-electron chi connectivity index (χ2n) is 7.98. The number of hydrogen-bond acceptors (Lipinski definition) is 6. The molecule has 0 aromatic heterocycles. The number of carbonyl (C=O) groups excluding carboxylic acids is 3. The zero-order chi connectivity index (χ0) is 25.5. The zero-order valence-corrected chi connectivity index (χ0v) is 20.6. The average Bonchev–Trinajstić information content (AvgIpc) is 2.81. The molecule has 0 radical (unpaired) electrons. The summed E-state index contributed by atoms with van der Waals surface area (Å²) in [7, 11) is -3.74. The van der Waals surface area contributed by atoms with E-state index in [1.165, 1.54) is 34.6 Å². The molecule has 0 aliphatic heterocycles. The van der Waals surface area contributed by atoms with E-state index in [0.717, 1.165) is 0 Å². The van der Waals surface area contributed by atoms with Gasteiger partial charge in [-0.3, -0.25) is 9.59 Å². The van der Waals surface area contributed by atoms with Crippen molar-refractivity contribution in [2.75, 3.05) is 13.1 Å². The van der Waals surface area contributed by atoms with Gasteiger partial charge in [0.1, 0.15) is 12.6 Å². The molecule has 2 aromatic carbocycles. The van der Waals surface area contributed by atoms with E-state index in [2.05, 4.69) is 5.32 Å². The molecule has 0 aliphatic rings. The van der Waals surface area contributed by atoms with Crippen LogP contribution in [0.3, 0.4) is 0 Å². The number of esters is 1. The van der Waals surface area contributed by atoms with Crippen molar-refractivity contribution < 1.29 is 27.5 Å². The molecule has 2 amide bonds. The Labute approximate surface area is 200 Å². The summed E-state index contributed by atoms with van der Waals surface area (Å²) in [6.45, 7) is 7.48. The van der Waals surface area contributed by atoms with Gasteiger partial charge >= 0.3 is 5.97 Å². The maximum absolute atomic E-state index is 12.9. The van der Waals surface area contributed by atoms with Gasteiger partial charge in [-0.15, -0.1) is 0 Å². The van der Waals surface area contributed by atoms with Crippen LogP contribution in [0, 0.1) is 5.92 Å². The Kier molecular flexibility index (Phi) is 9.34. The van der Waals surface area contributed by atoms with Gasteiger partial charge in [0.05, 0.1) is 4.90 Å². The number of nitrogens with two attached hydrogens (primary N) is 1. The predicted octanol–water partition coefficient (Wildman–Crippen LogP) is 2.31. The van der Waals surface area contributed by atoms with Crippen LogP contribution in [0.4, 0.5) is 0 Å². The van der Waals surface area contributed by atoms with Crippen LogP contribution < -0.4 is 11.1 Å². The number of hydrogen-bond donors (Lipinski definition) is 2. The van der Waals surface area contributed by atoms with Gasteiger partial charge in [-0.1, -0.05) is 45.9 Å². The molecule has 184 valence electrons. The Hall–Kier alpha value is -3.24. The standard InChI is InChI=1S/C24H31N3O6S/c1-5-27(6-2)34(31,32)20-12-8-11-19(14-20)23(29)26-21(16(3)4)24(30)33-15-17-9-7-10-18(13-17)22(25)28/h7-14,16,21H,5-6,15H2,1-4H3,(H2,25,28)(H,26,29)/t21-/m0/s1. The van der Waals surface area contributed by atoms with E-state index in [-0.39, 0.29) is 23.0 Å².